The Labute approximate surface area is 142 Å². The number of para-hydroxylation sites is 1. The molecule has 7 heteroatoms. The smallest absolute Gasteiger partial charge is 0.349 e. The molecule has 0 aromatic heterocycles. The second kappa shape index (κ2) is 7.65. The highest BCUT2D eigenvalue weighted by atomic mass is 19.4. The summed E-state index contributed by atoms with van der Waals surface area (Å²) < 4.78 is 38.3. The van der Waals surface area contributed by atoms with E-state index in [9.17, 15) is 22.8 Å². The van der Waals surface area contributed by atoms with Gasteiger partial charge in [0, 0.05) is 12.1 Å². The molecule has 0 heterocycles. The first-order valence-electron chi connectivity index (χ1n) is 7.29. The molecule has 0 fully saturated rings. The third-order valence-electron chi connectivity index (χ3n) is 3.28. The van der Waals surface area contributed by atoms with Crippen LogP contribution in [0.5, 0.6) is 0 Å². The SMILES string of the molecule is C=CCNC(=O)c1ccccc1NC(=O)c1cccc(C(F)(F)F)c1. The van der Waals surface area contributed by atoms with Crippen LogP contribution in [-0.2, 0) is 6.18 Å². The van der Waals surface area contributed by atoms with Crippen molar-refractivity contribution in [2.24, 2.45) is 0 Å². The Morgan fingerprint density at radius 2 is 1.76 bits per heavy atom. The topological polar surface area (TPSA) is 58.2 Å². The number of hydrogen-bond acceptors (Lipinski definition) is 2. The molecule has 2 rings (SSSR count). The van der Waals surface area contributed by atoms with Crippen LogP contribution in [0.3, 0.4) is 0 Å². The van der Waals surface area contributed by atoms with E-state index in [4.69, 9.17) is 0 Å². The van der Waals surface area contributed by atoms with Crippen LogP contribution in [0.1, 0.15) is 26.3 Å². The number of halogens is 3. The molecule has 4 nitrogen and oxygen atoms in total. The van der Waals surface area contributed by atoms with Gasteiger partial charge in [0.05, 0.1) is 16.8 Å². The summed E-state index contributed by atoms with van der Waals surface area (Å²) >= 11 is 0. The van der Waals surface area contributed by atoms with Crippen LogP contribution in [-0.4, -0.2) is 18.4 Å². The third kappa shape index (κ3) is 4.69. The highest BCUT2D eigenvalue weighted by Gasteiger charge is 2.31. The number of benzene rings is 2. The number of rotatable bonds is 5. The van der Waals surface area contributed by atoms with Crippen molar-refractivity contribution in [3.05, 3.63) is 77.9 Å². The lowest BCUT2D eigenvalue weighted by molar-refractivity contribution is -0.137. The molecule has 25 heavy (non-hydrogen) atoms. The van der Waals surface area contributed by atoms with E-state index in [1.807, 2.05) is 0 Å². The summed E-state index contributed by atoms with van der Waals surface area (Å²) in [4.78, 5) is 24.3. The molecule has 0 saturated heterocycles. The molecule has 2 aromatic carbocycles. The molecule has 0 aliphatic rings. The van der Waals surface area contributed by atoms with Gasteiger partial charge in [0.1, 0.15) is 0 Å². The molecule has 0 atom stereocenters. The van der Waals surface area contributed by atoms with Crippen LogP contribution in [0, 0.1) is 0 Å². The van der Waals surface area contributed by atoms with Crippen molar-refractivity contribution in [1.82, 2.24) is 5.32 Å². The van der Waals surface area contributed by atoms with Gasteiger partial charge in [0.2, 0.25) is 0 Å². The van der Waals surface area contributed by atoms with Gasteiger partial charge in [-0.15, -0.1) is 6.58 Å². The number of carbonyl (C=O) groups is 2. The summed E-state index contributed by atoms with van der Waals surface area (Å²) in [6.45, 7) is 3.73. The Morgan fingerprint density at radius 1 is 1.04 bits per heavy atom. The van der Waals surface area contributed by atoms with E-state index >= 15 is 0 Å². The molecular formula is C18H15F3N2O2. The molecular weight excluding hydrogens is 333 g/mol. The standard InChI is InChI=1S/C18H15F3N2O2/c1-2-10-22-17(25)14-8-3-4-9-15(14)23-16(24)12-6-5-7-13(11-12)18(19,20)21/h2-9,11H,1,10H2,(H,22,25)(H,23,24). The zero-order valence-corrected chi connectivity index (χ0v) is 13.1. The van der Waals surface area contributed by atoms with Crippen LogP contribution in [0.25, 0.3) is 0 Å². The number of carbonyl (C=O) groups excluding carboxylic acids is 2. The maximum atomic E-state index is 12.8. The third-order valence-corrected chi connectivity index (χ3v) is 3.28. The first-order chi connectivity index (χ1) is 11.8. The number of nitrogens with one attached hydrogen (secondary N) is 2. The molecule has 0 saturated carbocycles. The first-order valence-corrected chi connectivity index (χ1v) is 7.29. The summed E-state index contributed by atoms with van der Waals surface area (Å²) in [7, 11) is 0. The van der Waals surface area contributed by atoms with E-state index in [2.05, 4.69) is 17.2 Å². The van der Waals surface area contributed by atoms with Gasteiger partial charge in [-0.05, 0) is 30.3 Å². The van der Waals surface area contributed by atoms with Gasteiger partial charge in [-0.2, -0.15) is 13.2 Å². The molecule has 0 aliphatic heterocycles. The van der Waals surface area contributed by atoms with Crippen LogP contribution in [0.4, 0.5) is 18.9 Å². The molecule has 2 aromatic rings. The Kier molecular flexibility index (Phi) is 5.59. The number of hydrogen-bond donors (Lipinski definition) is 2. The minimum atomic E-state index is -4.54. The second-order valence-corrected chi connectivity index (χ2v) is 5.08. The van der Waals surface area contributed by atoms with E-state index in [-0.39, 0.29) is 23.4 Å². The van der Waals surface area contributed by atoms with E-state index < -0.39 is 23.6 Å². The van der Waals surface area contributed by atoms with E-state index in [0.717, 1.165) is 18.2 Å². The second-order valence-electron chi connectivity index (χ2n) is 5.08. The summed E-state index contributed by atoms with van der Waals surface area (Å²) in [5.41, 5.74) is -0.676. The Morgan fingerprint density at radius 3 is 2.44 bits per heavy atom. The zero-order chi connectivity index (χ0) is 18.4. The fourth-order valence-electron chi connectivity index (χ4n) is 2.08. The van der Waals surface area contributed by atoms with Crippen molar-refractivity contribution >= 4 is 17.5 Å². The Hall–Kier alpha value is -3.09. The molecule has 0 bridgehead atoms. The van der Waals surface area contributed by atoms with E-state index in [1.165, 1.54) is 24.3 Å². The predicted octanol–water partition coefficient (Wildman–Crippen LogP) is 3.87. The zero-order valence-electron chi connectivity index (χ0n) is 13.1. The van der Waals surface area contributed by atoms with Crippen LogP contribution in [0.15, 0.2) is 61.2 Å². The molecule has 0 unspecified atom stereocenters. The average molecular weight is 348 g/mol. The lowest BCUT2D eigenvalue weighted by atomic mass is 10.1. The van der Waals surface area contributed by atoms with E-state index in [0.29, 0.717) is 0 Å². The van der Waals surface area contributed by atoms with Gasteiger partial charge in [-0.25, -0.2) is 0 Å². The summed E-state index contributed by atoms with van der Waals surface area (Å²) in [6.07, 6.45) is -3.04. The van der Waals surface area contributed by atoms with Gasteiger partial charge in [-0.1, -0.05) is 24.3 Å². The van der Waals surface area contributed by atoms with Crippen LogP contribution < -0.4 is 10.6 Å². The monoisotopic (exact) mass is 348 g/mol. The van der Waals surface area contributed by atoms with Crippen molar-refractivity contribution in [3.8, 4) is 0 Å². The number of amides is 2. The van der Waals surface area contributed by atoms with Crippen molar-refractivity contribution in [3.63, 3.8) is 0 Å². The van der Waals surface area contributed by atoms with Gasteiger partial charge in [0.15, 0.2) is 0 Å². The van der Waals surface area contributed by atoms with Crippen molar-refractivity contribution < 1.29 is 22.8 Å². The lowest BCUT2D eigenvalue weighted by Crippen LogP contribution is -2.25. The largest absolute Gasteiger partial charge is 0.416 e. The normalized spacial score (nSPS) is 10.8. The van der Waals surface area contributed by atoms with Crippen LogP contribution in [0.2, 0.25) is 0 Å². The highest BCUT2D eigenvalue weighted by Crippen LogP contribution is 2.29. The van der Waals surface area contributed by atoms with Gasteiger partial charge >= 0.3 is 6.18 Å². The molecule has 0 spiro atoms. The highest BCUT2D eigenvalue weighted by molar-refractivity contribution is 6.09. The van der Waals surface area contributed by atoms with Crippen molar-refractivity contribution in [1.29, 1.82) is 0 Å². The van der Waals surface area contributed by atoms with Crippen molar-refractivity contribution in [2.45, 2.75) is 6.18 Å². The Bertz CT molecular complexity index is 801. The number of anilines is 1. The first kappa shape index (κ1) is 18.3. The molecule has 2 N–H and O–H groups in total. The molecule has 2 amide bonds. The average Bonchev–Trinajstić information content (AvgIpc) is 2.59. The molecule has 0 aliphatic carbocycles. The fourth-order valence-corrected chi connectivity index (χ4v) is 2.08. The maximum absolute atomic E-state index is 12.8. The molecule has 130 valence electrons. The fraction of sp³-hybridized carbons (Fsp3) is 0.111. The van der Waals surface area contributed by atoms with Gasteiger partial charge < -0.3 is 10.6 Å². The predicted molar refractivity (Wildman–Crippen MR) is 88.4 cm³/mol. The van der Waals surface area contributed by atoms with E-state index in [1.54, 1.807) is 12.1 Å². The minimum absolute atomic E-state index is 0.156. The Balaban J connectivity index is 2.24. The lowest BCUT2D eigenvalue weighted by Gasteiger charge is -2.12. The molecule has 0 radical (unpaired) electrons. The van der Waals surface area contributed by atoms with Gasteiger partial charge in [0.25, 0.3) is 11.8 Å². The summed E-state index contributed by atoms with van der Waals surface area (Å²) in [6, 6.07) is 10.3. The minimum Gasteiger partial charge on any atom is -0.349 e. The van der Waals surface area contributed by atoms with Gasteiger partial charge in [-0.3, -0.25) is 9.59 Å². The summed E-state index contributed by atoms with van der Waals surface area (Å²) in [5.74, 6) is -1.17. The quantitative estimate of drug-likeness (QED) is 0.806. The number of alkyl halides is 3. The van der Waals surface area contributed by atoms with Crippen LogP contribution >= 0.6 is 0 Å². The summed E-state index contributed by atoms with van der Waals surface area (Å²) in [5, 5.41) is 5.04. The van der Waals surface area contributed by atoms with Crippen molar-refractivity contribution in [2.75, 3.05) is 11.9 Å². The maximum Gasteiger partial charge on any atom is 0.416 e.